The second kappa shape index (κ2) is 9.32. The third-order valence-corrected chi connectivity index (χ3v) is 1.18. The fraction of sp³-hybridized carbons (Fsp3) is 0.750. The van der Waals surface area contributed by atoms with Crippen LogP contribution in [0.1, 0.15) is 26.7 Å². The Balaban J connectivity index is 0. The summed E-state index contributed by atoms with van der Waals surface area (Å²) in [4.78, 5) is 10.8. The molecule has 0 aliphatic heterocycles. The van der Waals surface area contributed by atoms with Crippen molar-refractivity contribution in [2.45, 2.75) is 26.7 Å². The van der Waals surface area contributed by atoms with Crippen LogP contribution in [-0.2, 0) is 14.3 Å². The summed E-state index contributed by atoms with van der Waals surface area (Å²) in [5.74, 6) is -0.132. The topological polar surface area (TPSA) is 59.4 Å². The first kappa shape index (κ1) is 14.7. The molecular formula is C8H16ClNO3. The van der Waals surface area contributed by atoms with Gasteiger partial charge < -0.3 is 9.47 Å². The minimum absolute atomic E-state index is 0. The smallest absolute Gasteiger partial charge is 0.306 e. The number of carbonyl (C=O) groups excluding carboxylic acids is 1. The largest absolute Gasteiger partial charge is 0.481 e. The van der Waals surface area contributed by atoms with Crippen molar-refractivity contribution in [3.63, 3.8) is 0 Å². The van der Waals surface area contributed by atoms with Crippen molar-refractivity contribution >= 4 is 24.3 Å². The minimum Gasteiger partial charge on any atom is -0.481 e. The van der Waals surface area contributed by atoms with Crippen LogP contribution in [0, 0.1) is 5.41 Å². The average Bonchev–Trinajstić information content (AvgIpc) is 2.02. The molecule has 0 rings (SSSR count). The van der Waals surface area contributed by atoms with Crippen LogP contribution in [0.4, 0.5) is 0 Å². The molecule has 0 fully saturated rings. The molecule has 0 bridgehead atoms. The van der Waals surface area contributed by atoms with Crippen LogP contribution < -0.4 is 0 Å². The Labute approximate surface area is 84.5 Å². The third-order valence-electron chi connectivity index (χ3n) is 1.18. The Morgan fingerprint density at radius 1 is 1.15 bits per heavy atom. The van der Waals surface area contributed by atoms with Crippen LogP contribution in [0.15, 0.2) is 0 Å². The van der Waals surface area contributed by atoms with E-state index in [1.54, 1.807) is 13.8 Å². The lowest BCUT2D eigenvalue weighted by atomic mass is 10.3. The van der Waals surface area contributed by atoms with Crippen LogP contribution in [0.5, 0.6) is 0 Å². The van der Waals surface area contributed by atoms with Gasteiger partial charge in [0.1, 0.15) is 0 Å². The van der Waals surface area contributed by atoms with Crippen LogP contribution in [0.2, 0.25) is 0 Å². The summed E-state index contributed by atoms with van der Waals surface area (Å²) in [6.07, 6.45) is 0.555. The number of ether oxygens (including phenoxy) is 2. The molecule has 13 heavy (non-hydrogen) atoms. The predicted octanol–water partition coefficient (Wildman–Crippen LogP) is 1.77. The monoisotopic (exact) mass is 209 g/mol. The predicted molar refractivity (Wildman–Crippen MR) is 52.5 cm³/mol. The zero-order chi connectivity index (χ0) is 9.40. The maximum Gasteiger partial charge on any atom is 0.306 e. The fourth-order valence-corrected chi connectivity index (χ4v) is 0.695. The molecule has 0 amide bonds. The van der Waals surface area contributed by atoms with E-state index in [4.69, 9.17) is 10.1 Å². The van der Waals surface area contributed by atoms with Crippen molar-refractivity contribution < 1.29 is 14.3 Å². The molecule has 0 unspecified atom stereocenters. The summed E-state index contributed by atoms with van der Waals surface area (Å²) < 4.78 is 9.53. The van der Waals surface area contributed by atoms with Gasteiger partial charge in [-0.25, -0.2) is 0 Å². The van der Waals surface area contributed by atoms with E-state index < -0.39 is 0 Å². The van der Waals surface area contributed by atoms with E-state index in [1.165, 1.54) is 0 Å². The highest BCUT2D eigenvalue weighted by Crippen LogP contribution is 1.95. The molecule has 0 spiro atoms. The molecule has 4 nitrogen and oxygen atoms in total. The summed E-state index contributed by atoms with van der Waals surface area (Å²) in [5.41, 5.74) is 0. The Morgan fingerprint density at radius 2 is 1.69 bits per heavy atom. The quantitative estimate of drug-likeness (QED) is 0.427. The van der Waals surface area contributed by atoms with Gasteiger partial charge in [-0.2, -0.15) is 0 Å². The van der Waals surface area contributed by atoms with Gasteiger partial charge in [0.25, 0.3) is 0 Å². The number of esters is 1. The molecule has 0 atom stereocenters. The zero-order valence-corrected chi connectivity index (χ0v) is 8.78. The fourth-order valence-electron chi connectivity index (χ4n) is 0.695. The summed E-state index contributed by atoms with van der Waals surface area (Å²) in [6.45, 7) is 4.42. The van der Waals surface area contributed by atoms with Gasteiger partial charge in [0.2, 0.25) is 0 Å². The second-order valence-electron chi connectivity index (χ2n) is 2.16. The Morgan fingerprint density at radius 3 is 2.15 bits per heavy atom. The van der Waals surface area contributed by atoms with Gasteiger partial charge in [0.15, 0.2) is 5.90 Å². The first-order valence-corrected chi connectivity index (χ1v) is 4.06. The second-order valence-corrected chi connectivity index (χ2v) is 2.16. The summed E-state index contributed by atoms with van der Waals surface area (Å²) in [7, 11) is 0. The minimum atomic E-state index is -0.276. The van der Waals surface area contributed by atoms with Gasteiger partial charge in [0, 0.05) is 6.42 Å². The van der Waals surface area contributed by atoms with E-state index in [0.29, 0.717) is 19.6 Å². The highest BCUT2D eigenvalue weighted by Gasteiger charge is 2.04. The van der Waals surface area contributed by atoms with Crippen LogP contribution in [-0.4, -0.2) is 25.1 Å². The van der Waals surface area contributed by atoms with E-state index in [9.17, 15) is 4.79 Å². The molecule has 0 saturated heterocycles. The normalized spacial score (nSPS) is 8.46. The highest BCUT2D eigenvalue weighted by molar-refractivity contribution is 5.85. The Kier molecular flexibility index (Phi) is 10.6. The maximum atomic E-state index is 10.8. The van der Waals surface area contributed by atoms with E-state index in [2.05, 4.69) is 4.74 Å². The van der Waals surface area contributed by atoms with Gasteiger partial charge in [-0.05, 0) is 13.8 Å². The third kappa shape index (κ3) is 9.14. The van der Waals surface area contributed by atoms with E-state index >= 15 is 0 Å². The molecule has 0 aromatic heterocycles. The molecule has 5 heteroatoms. The molecule has 78 valence electrons. The Bertz CT molecular complexity index is 143. The molecule has 0 radical (unpaired) electrons. The van der Waals surface area contributed by atoms with Crippen molar-refractivity contribution in [3.05, 3.63) is 0 Å². The molecule has 0 saturated carbocycles. The lowest BCUT2D eigenvalue weighted by molar-refractivity contribution is -0.143. The van der Waals surface area contributed by atoms with Gasteiger partial charge in [-0.15, -0.1) is 12.4 Å². The average molecular weight is 210 g/mol. The SMILES string of the molecule is CCOC(=N)CCC(=O)OCC.Cl. The van der Waals surface area contributed by atoms with E-state index in [0.717, 1.165) is 0 Å². The van der Waals surface area contributed by atoms with Crippen LogP contribution >= 0.6 is 12.4 Å². The molecule has 0 aromatic rings. The molecule has 0 aromatic carbocycles. The van der Waals surface area contributed by atoms with Crippen LogP contribution in [0.25, 0.3) is 0 Å². The summed E-state index contributed by atoms with van der Waals surface area (Å²) in [5, 5.41) is 7.18. The van der Waals surface area contributed by atoms with Crippen molar-refractivity contribution in [1.29, 1.82) is 5.41 Å². The van der Waals surface area contributed by atoms with E-state index in [-0.39, 0.29) is 30.7 Å². The lowest BCUT2D eigenvalue weighted by Crippen LogP contribution is -2.09. The van der Waals surface area contributed by atoms with Gasteiger partial charge in [0.05, 0.1) is 19.6 Å². The maximum absolute atomic E-state index is 10.8. The number of carbonyl (C=O) groups is 1. The summed E-state index contributed by atoms with van der Waals surface area (Å²) >= 11 is 0. The van der Waals surface area contributed by atoms with Crippen molar-refractivity contribution in [2.75, 3.05) is 13.2 Å². The van der Waals surface area contributed by atoms with Crippen LogP contribution in [0.3, 0.4) is 0 Å². The number of hydrogen-bond donors (Lipinski definition) is 1. The molecule has 0 heterocycles. The van der Waals surface area contributed by atoms with Crippen molar-refractivity contribution in [2.24, 2.45) is 0 Å². The number of nitrogens with one attached hydrogen (secondary N) is 1. The first-order valence-electron chi connectivity index (χ1n) is 4.06. The highest BCUT2D eigenvalue weighted by atomic mass is 35.5. The van der Waals surface area contributed by atoms with Crippen molar-refractivity contribution in [3.8, 4) is 0 Å². The van der Waals surface area contributed by atoms with Crippen molar-refractivity contribution in [1.82, 2.24) is 0 Å². The van der Waals surface area contributed by atoms with E-state index in [1.807, 2.05) is 0 Å². The number of hydrogen-bond acceptors (Lipinski definition) is 4. The van der Waals surface area contributed by atoms with Gasteiger partial charge in [-0.3, -0.25) is 10.2 Å². The molecular weight excluding hydrogens is 194 g/mol. The van der Waals surface area contributed by atoms with Gasteiger partial charge in [-0.1, -0.05) is 0 Å². The number of halogens is 1. The standard InChI is InChI=1S/C8H15NO3.ClH/c1-3-11-7(9)5-6-8(10)12-4-2;/h9H,3-6H2,1-2H3;1H. The number of rotatable bonds is 5. The lowest BCUT2D eigenvalue weighted by Gasteiger charge is -2.03. The zero-order valence-electron chi connectivity index (χ0n) is 7.96. The first-order chi connectivity index (χ1) is 5.70. The van der Waals surface area contributed by atoms with Gasteiger partial charge >= 0.3 is 5.97 Å². The Hall–Kier alpha value is -0.770. The summed E-state index contributed by atoms with van der Waals surface area (Å²) in [6, 6.07) is 0. The molecule has 0 aliphatic rings. The molecule has 1 N–H and O–H groups in total. The molecule has 0 aliphatic carbocycles.